The van der Waals surface area contributed by atoms with E-state index in [9.17, 15) is 4.79 Å². The third kappa shape index (κ3) is 2.85. The van der Waals surface area contributed by atoms with Gasteiger partial charge in [0.25, 0.3) is 5.91 Å². The number of aromatic nitrogens is 2. The SMILES string of the molecule is O=C(c1nc(-c2ccccc2)n2c1COCC2)N1CCC2CCC(C1)S2. The molecule has 0 saturated carbocycles. The molecule has 1 aromatic carbocycles. The van der Waals surface area contributed by atoms with Gasteiger partial charge in [-0.25, -0.2) is 4.98 Å². The largest absolute Gasteiger partial charge is 0.373 e. The number of thioether (sulfide) groups is 1. The number of imidazole rings is 1. The molecular formula is C20H23N3O2S. The lowest BCUT2D eigenvalue weighted by molar-refractivity contribution is 0.0705. The molecule has 136 valence electrons. The molecule has 2 bridgehead atoms. The Hall–Kier alpha value is -1.79. The van der Waals surface area contributed by atoms with Crippen LogP contribution in [0.25, 0.3) is 11.4 Å². The van der Waals surface area contributed by atoms with Gasteiger partial charge in [-0.15, -0.1) is 0 Å². The second-order valence-corrected chi connectivity index (χ2v) is 8.90. The van der Waals surface area contributed by atoms with Gasteiger partial charge in [-0.05, 0) is 19.3 Å². The zero-order valence-electron chi connectivity index (χ0n) is 14.8. The molecule has 3 aliphatic heterocycles. The minimum absolute atomic E-state index is 0.0783. The molecule has 2 unspecified atom stereocenters. The van der Waals surface area contributed by atoms with Gasteiger partial charge in [-0.3, -0.25) is 4.79 Å². The van der Waals surface area contributed by atoms with E-state index < -0.39 is 0 Å². The summed E-state index contributed by atoms with van der Waals surface area (Å²) in [6.45, 7) is 3.59. The van der Waals surface area contributed by atoms with Gasteiger partial charge in [-0.1, -0.05) is 30.3 Å². The van der Waals surface area contributed by atoms with Crippen LogP contribution in [0, 0.1) is 0 Å². The zero-order valence-corrected chi connectivity index (χ0v) is 15.6. The van der Waals surface area contributed by atoms with Crippen LogP contribution in [0.3, 0.4) is 0 Å². The summed E-state index contributed by atoms with van der Waals surface area (Å²) in [4.78, 5) is 20.2. The van der Waals surface area contributed by atoms with Crippen molar-refractivity contribution in [1.29, 1.82) is 0 Å². The molecule has 5 nitrogen and oxygen atoms in total. The van der Waals surface area contributed by atoms with Crippen LogP contribution < -0.4 is 0 Å². The van der Waals surface area contributed by atoms with Crippen molar-refractivity contribution in [3.05, 3.63) is 41.7 Å². The molecule has 3 aliphatic rings. The van der Waals surface area contributed by atoms with Gasteiger partial charge in [0.05, 0.1) is 18.9 Å². The van der Waals surface area contributed by atoms with E-state index in [0.29, 0.717) is 24.2 Å². The maximum absolute atomic E-state index is 13.3. The first-order valence-corrected chi connectivity index (χ1v) is 10.4. The predicted octanol–water partition coefficient (Wildman–Crippen LogP) is 3.19. The Morgan fingerprint density at radius 2 is 1.96 bits per heavy atom. The Balaban J connectivity index is 1.50. The van der Waals surface area contributed by atoms with E-state index >= 15 is 0 Å². The first-order chi connectivity index (χ1) is 12.8. The lowest BCUT2D eigenvalue weighted by Gasteiger charge is -2.24. The highest BCUT2D eigenvalue weighted by atomic mass is 32.2. The fraction of sp³-hybridized carbons (Fsp3) is 0.500. The monoisotopic (exact) mass is 369 g/mol. The Morgan fingerprint density at radius 3 is 2.85 bits per heavy atom. The number of rotatable bonds is 2. The maximum Gasteiger partial charge on any atom is 0.274 e. The lowest BCUT2D eigenvalue weighted by atomic mass is 10.1. The zero-order chi connectivity index (χ0) is 17.5. The van der Waals surface area contributed by atoms with Crippen LogP contribution in [0.15, 0.2) is 30.3 Å². The standard InChI is InChI=1S/C20H23N3O2S/c24-20(22-9-8-15-6-7-16(12-22)26-15)18-17-13-25-11-10-23(17)19(21-18)14-4-2-1-3-5-14/h1-5,15-16H,6-13H2. The number of benzene rings is 1. The van der Waals surface area contributed by atoms with Crippen LogP contribution in [0.1, 0.15) is 35.4 Å². The van der Waals surface area contributed by atoms with Crippen LogP contribution in [-0.2, 0) is 17.9 Å². The van der Waals surface area contributed by atoms with Crippen molar-refractivity contribution in [3.63, 3.8) is 0 Å². The van der Waals surface area contributed by atoms with Gasteiger partial charge < -0.3 is 14.2 Å². The van der Waals surface area contributed by atoms with Crippen molar-refractivity contribution in [2.75, 3.05) is 19.7 Å². The predicted molar refractivity (Wildman–Crippen MR) is 102 cm³/mol. The van der Waals surface area contributed by atoms with E-state index in [4.69, 9.17) is 9.72 Å². The van der Waals surface area contributed by atoms with Crippen molar-refractivity contribution < 1.29 is 9.53 Å². The Kier molecular flexibility index (Phi) is 4.25. The molecule has 0 N–H and O–H groups in total. The summed E-state index contributed by atoms with van der Waals surface area (Å²) in [5.41, 5.74) is 2.58. The van der Waals surface area contributed by atoms with Crippen LogP contribution in [0.5, 0.6) is 0 Å². The molecule has 26 heavy (non-hydrogen) atoms. The van der Waals surface area contributed by atoms with E-state index in [0.717, 1.165) is 48.4 Å². The minimum Gasteiger partial charge on any atom is -0.373 e. The van der Waals surface area contributed by atoms with E-state index in [1.807, 2.05) is 23.1 Å². The molecule has 0 radical (unpaired) electrons. The molecule has 1 aromatic heterocycles. The van der Waals surface area contributed by atoms with Gasteiger partial charge in [-0.2, -0.15) is 11.8 Å². The number of hydrogen-bond donors (Lipinski definition) is 0. The summed E-state index contributed by atoms with van der Waals surface area (Å²) in [5.74, 6) is 0.965. The molecule has 5 rings (SSSR count). The van der Waals surface area contributed by atoms with Crippen LogP contribution in [-0.4, -0.2) is 50.6 Å². The number of fused-ring (bicyclic) bond motifs is 3. The Morgan fingerprint density at radius 1 is 1.12 bits per heavy atom. The van der Waals surface area contributed by atoms with Crippen LogP contribution >= 0.6 is 11.8 Å². The third-order valence-corrected chi connectivity index (χ3v) is 7.26. The van der Waals surface area contributed by atoms with E-state index in [-0.39, 0.29) is 5.91 Å². The summed E-state index contributed by atoms with van der Waals surface area (Å²) < 4.78 is 7.83. The molecular weight excluding hydrogens is 346 g/mol. The number of hydrogen-bond acceptors (Lipinski definition) is 4. The molecule has 0 spiro atoms. The number of carbonyl (C=O) groups is 1. The van der Waals surface area contributed by atoms with Crippen molar-refractivity contribution in [2.24, 2.45) is 0 Å². The topological polar surface area (TPSA) is 47.4 Å². The normalized spacial score (nSPS) is 25.0. The smallest absolute Gasteiger partial charge is 0.274 e. The molecule has 6 heteroatoms. The third-order valence-electron chi connectivity index (χ3n) is 5.63. The summed E-state index contributed by atoms with van der Waals surface area (Å²) >= 11 is 2.08. The van der Waals surface area contributed by atoms with Crippen molar-refractivity contribution in [2.45, 2.75) is 42.9 Å². The quantitative estimate of drug-likeness (QED) is 0.816. The summed E-state index contributed by atoms with van der Waals surface area (Å²) in [6.07, 6.45) is 3.65. The number of amides is 1. The van der Waals surface area contributed by atoms with Gasteiger partial charge in [0.2, 0.25) is 0 Å². The highest BCUT2D eigenvalue weighted by Crippen LogP contribution is 2.39. The second kappa shape index (κ2) is 6.74. The highest BCUT2D eigenvalue weighted by molar-refractivity contribution is 8.00. The molecule has 1 amide bonds. The summed E-state index contributed by atoms with van der Waals surface area (Å²) in [5, 5.41) is 1.33. The molecule has 4 heterocycles. The van der Waals surface area contributed by atoms with E-state index in [1.165, 1.54) is 12.8 Å². The van der Waals surface area contributed by atoms with Gasteiger partial charge in [0, 0.05) is 35.7 Å². The summed E-state index contributed by atoms with van der Waals surface area (Å²) in [7, 11) is 0. The molecule has 2 fully saturated rings. The molecule has 0 aliphatic carbocycles. The average Bonchev–Trinajstić information content (AvgIpc) is 3.22. The number of nitrogens with zero attached hydrogens (tertiary/aromatic N) is 3. The average molecular weight is 369 g/mol. The van der Waals surface area contributed by atoms with E-state index in [2.05, 4.69) is 28.5 Å². The number of ether oxygens (including phenoxy) is 1. The molecule has 2 atom stereocenters. The second-order valence-electron chi connectivity index (χ2n) is 7.30. The van der Waals surface area contributed by atoms with Crippen LogP contribution in [0.2, 0.25) is 0 Å². The van der Waals surface area contributed by atoms with Crippen molar-refractivity contribution in [3.8, 4) is 11.4 Å². The molecule has 2 aromatic rings. The first-order valence-electron chi connectivity index (χ1n) is 9.47. The summed E-state index contributed by atoms with van der Waals surface area (Å²) in [6, 6.07) is 10.1. The lowest BCUT2D eigenvalue weighted by Crippen LogP contribution is -2.37. The fourth-order valence-electron chi connectivity index (χ4n) is 4.28. The van der Waals surface area contributed by atoms with Crippen molar-refractivity contribution in [1.82, 2.24) is 14.5 Å². The number of carbonyl (C=O) groups excluding carboxylic acids is 1. The highest BCUT2D eigenvalue weighted by Gasteiger charge is 2.35. The maximum atomic E-state index is 13.3. The van der Waals surface area contributed by atoms with Crippen LogP contribution in [0.4, 0.5) is 0 Å². The minimum atomic E-state index is 0.0783. The van der Waals surface area contributed by atoms with Gasteiger partial charge in [0.1, 0.15) is 5.82 Å². The van der Waals surface area contributed by atoms with Gasteiger partial charge in [0.15, 0.2) is 5.69 Å². The first kappa shape index (κ1) is 16.4. The Bertz CT molecular complexity index is 820. The number of likely N-dealkylation sites (tertiary alicyclic amines) is 1. The van der Waals surface area contributed by atoms with Gasteiger partial charge >= 0.3 is 0 Å². The Labute approximate surface area is 157 Å². The van der Waals surface area contributed by atoms with Crippen molar-refractivity contribution >= 4 is 17.7 Å². The van der Waals surface area contributed by atoms with E-state index in [1.54, 1.807) is 0 Å². The fourth-order valence-corrected chi connectivity index (χ4v) is 5.87. The molecule has 2 saturated heterocycles.